The zero-order chi connectivity index (χ0) is 26.3. The molecule has 0 amide bonds. The molecule has 0 N–H and O–H groups in total. The first-order valence-electron chi connectivity index (χ1n) is 11.2. The van der Waals surface area contributed by atoms with Crippen molar-refractivity contribution in [3.8, 4) is 34.1 Å². The van der Waals surface area contributed by atoms with E-state index in [0.717, 1.165) is 10.4 Å². The number of halogens is 3. The lowest BCUT2D eigenvalue weighted by atomic mass is 10.0. The zero-order valence-electron chi connectivity index (χ0n) is 20.0. The van der Waals surface area contributed by atoms with Crippen LogP contribution in [-0.4, -0.2) is 46.5 Å². The molecule has 9 nitrogen and oxygen atoms in total. The summed E-state index contributed by atoms with van der Waals surface area (Å²) in [5.74, 6) is 0.566. The molecular weight excluding hydrogens is 487 g/mol. The maximum absolute atomic E-state index is 12.9. The molecule has 188 valence electrons. The van der Waals surface area contributed by atoms with Gasteiger partial charge in [-0.2, -0.15) is 28.5 Å². The van der Waals surface area contributed by atoms with Crippen LogP contribution in [0.3, 0.4) is 0 Å². The fraction of sp³-hybridized carbons (Fsp3) is 0.200. The number of aromatic nitrogens is 7. The number of alkyl halides is 3. The second-order valence-corrected chi connectivity index (χ2v) is 8.46. The lowest BCUT2D eigenvalue weighted by molar-refractivity contribution is -0.142. The Hall–Kier alpha value is -4.61. The van der Waals surface area contributed by atoms with Crippen molar-refractivity contribution in [2.24, 2.45) is 0 Å². The van der Waals surface area contributed by atoms with Gasteiger partial charge >= 0.3 is 6.18 Å². The fourth-order valence-corrected chi connectivity index (χ4v) is 3.90. The lowest BCUT2D eigenvalue weighted by Crippen LogP contribution is -2.17. The van der Waals surface area contributed by atoms with Crippen LogP contribution in [0.15, 0.2) is 55.0 Å². The second kappa shape index (κ2) is 9.12. The molecule has 0 aliphatic heterocycles. The Morgan fingerprint density at radius 3 is 2.51 bits per heavy atom. The normalized spacial score (nSPS) is 11.7. The summed E-state index contributed by atoms with van der Waals surface area (Å²) in [6, 6.07) is 10.3. The maximum atomic E-state index is 12.9. The Bertz CT molecular complexity index is 1620. The molecular formula is C25H20F3N7O2. The number of hydrogen-bond acceptors (Lipinski definition) is 7. The van der Waals surface area contributed by atoms with Gasteiger partial charge in [-0.25, -0.2) is 9.50 Å². The van der Waals surface area contributed by atoms with Crippen LogP contribution in [0.2, 0.25) is 0 Å². The van der Waals surface area contributed by atoms with Gasteiger partial charge in [-0.05, 0) is 51.1 Å². The smallest absolute Gasteiger partial charge is 0.408 e. The van der Waals surface area contributed by atoms with E-state index in [1.165, 1.54) is 13.1 Å². The third kappa shape index (κ3) is 5.03. The average Bonchev–Trinajstić information content (AvgIpc) is 3.41. The molecule has 5 rings (SSSR count). The van der Waals surface area contributed by atoms with E-state index < -0.39 is 12.7 Å². The third-order valence-electron chi connectivity index (χ3n) is 5.58. The van der Waals surface area contributed by atoms with Gasteiger partial charge in [0.25, 0.3) is 0 Å². The van der Waals surface area contributed by atoms with Crippen LogP contribution in [0.5, 0.6) is 11.6 Å². The van der Waals surface area contributed by atoms with Gasteiger partial charge in [-0.1, -0.05) is 0 Å². The summed E-state index contributed by atoms with van der Waals surface area (Å²) in [7, 11) is 0. The minimum atomic E-state index is -4.43. The Labute approximate surface area is 208 Å². The van der Waals surface area contributed by atoms with E-state index in [1.807, 2.05) is 6.92 Å². The van der Waals surface area contributed by atoms with Crippen molar-refractivity contribution >= 4 is 11.3 Å². The van der Waals surface area contributed by atoms with Crippen LogP contribution in [0.1, 0.15) is 28.7 Å². The molecule has 0 atom stereocenters. The van der Waals surface area contributed by atoms with Gasteiger partial charge in [0.15, 0.2) is 5.78 Å². The van der Waals surface area contributed by atoms with E-state index in [1.54, 1.807) is 60.2 Å². The number of ether oxygens (including phenoxy) is 1. The fourth-order valence-electron chi connectivity index (χ4n) is 3.90. The highest BCUT2D eigenvalue weighted by Gasteiger charge is 2.29. The summed E-state index contributed by atoms with van der Waals surface area (Å²) in [6.07, 6.45) is 0.121. The highest BCUT2D eigenvalue weighted by Crippen LogP contribution is 2.32. The molecule has 0 saturated carbocycles. The topological polar surface area (TPSA) is 100 Å². The predicted molar refractivity (Wildman–Crippen MR) is 127 cm³/mol. The Morgan fingerprint density at radius 2 is 1.81 bits per heavy atom. The molecule has 0 unspecified atom stereocenters. The summed E-state index contributed by atoms with van der Waals surface area (Å²) in [5, 5.41) is 16.3. The molecule has 5 aromatic rings. The van der Waals surface area contributed by atoms with Crippen LogP contribution in [0.4, 0.5) is 13.2 Å². The van der Waals surface area contributed by atoms with Gasteiger partial charge in [-0.15, -0.1) is 5.10 Å². The number of pyridine rings is 2. The van der Waals surface area contributed by atoms with Crippen molar-refractivity contribution in [3.63, 3.8) is 0 Å². The number of carbonyl (C=O) groups excluding carboxylic acids is 1. The first-order chi connectivity index (χ1) is 17.6. The van der Waals surface area contributed by atoms with E-state index in [9.17, 15) is 18.0 Å². The van der Waals surface area contributed by atoms with E-state index in [0.29, 0.717) is 39.7 Å². The second-order valence-electron chi connectivity index (χ2n) is 8.46. The molecule has 0 spiro atoms. The number of rotatable bonds is 6. The molecule has 12 heteroatoms. The van der Waals surface area contributed by atoms with Gasteiger partial charge in [0.2, 0.25) is 5.88 Å². The molecule has 0 fully saturated rings. The van der Waals surface area contributed by atoms with E-state index in [4.69, 9.17) is 4.74 Å². The Kier molecular flexibility index (Phi) is 5.94. The number of Topliss-reactive ketones (excluding diaryl/α,β-unsaturated/α-hetero) is 1. The number of fused-ring (bicyclic) bond motifs is 1. The SMILES string of the molecule is CC(=O)c1ccc(-c2cnn3cc(Oc4ccc(C)nn4)ccc23)nc1-c1cn(CC(F)(F)F)nc1C. The molecule has 0 saturated heterocycles. The third-order valence-corrected chi connectivity index (χ3v) is 5.58. The minimum absolute atomic E-state index is 0.258. The van der Waals surface area contributed by atoms with Crippen molar-refractivity contribution < 1.29 is 22.7 Å². The number of carbonyl (C=O) groups is 1. The molecule has 0 bridgehead atoms. The zero-order valence-corrected chi connectivity index (χ0v) is 20.0. The van der Waals surface area contributed by atoms with E-state index >= 15 is 0 Å². The number of aryl methyl sites for hydroxylation is 2. The summed E-state index contributed by atoms with van der Waals surface area (Å²) in [4.78, 5) is 17.0. The van der Waals surface area contributed by atoms with Gasteiger partial charge in [0.05, 0.1) is 40.7 Å². The summed E-state index contributed by atoms with van der Waals surface area (Å²) in [6.45, 7) is 3.54. The van der Waals surface area contributed by atoms with Crippen LogP contribution >= 0.6 is 0 Å². The summed E-state index contributed by atoms with van der Waals surface area (Å²) >= 11 is 0. The van der Waals surface area contributed by atoms with Crippen molar-refractivity contribution in [1.29, 1.82) is 0 Å². The predicted octanol–water partition coefficient (Wildman–Crippen LogP) is 5.22. The number of nitrogens with zero attached hydrogens (tertiary/aromatic N) is 7. The molecule has 0 radical (unpaired) electrons. The van der Waals surface area contributed by atoms with E-state index in [-0.39, 0.29) is 17.0 Å². The van der Waals surface area contributed by atoms with Crippen molar-refractivity contribution in [2.75, 3.05) is 0 Å². The molecule has 5 heterocycles. The first kappa shape index (κ1) is 24.1. The van der Waals surface area contributed by atoms with Crippen LogP contribution in [0, 0.1) is 13.8 Å². The van der Waals surface area contributed by atoms with Crippen LogP contribution in [-0.2, 0) is 6.54 Å². The van der Waals surface area contributed by atoms with Crippen molar-refractivity contribution in [2.45, 2.75) is 33.5 Å². The molecule has 0 aliphatic rings. The molecule has 37 heavy (non-hydrogen) atoms. The highest BCUT2D eigenvalue weighted by atomic mass is 19.4. The minimum Gasteiger partial charge on any atom is -0.436 e. The molecule has 5 aromatic heterocycles. The average molecular weight is 507 g/mol. The van der Waals surface area contributed by atoms with Crippen LogP contribution in [0.25, 0.3) is 28.0 Å². The lowest BCUT2D eigenvalue weighted by Gasteiger charge is -2.09. The summed E-state index contributed by atoms with van der Waals surface area (Å²) in [5.41, 5.74) is 3.86. The number of hydrogen-bond donors (Lipinski definition) is 0. The Morgan fingerprint density at radius 1 is 1.00 bits per heavy atom. The molecule has 0 aliphatic carbocycles. The van der Waals surface area contributed by atoms with Gasteiger partial charge in [0.1, 0.15) is 12.3 Å². The van der Waals surface area contributed by atoms with Crippen molar-refractivity contribution in [1.82, 2.24) is 34.6 Å². The van der Waals surface area contributed by atoms with Gasteiger partial charge in [0, 0.05) is 29.0 Å². The van der Waals surface area contributed by atoms with Gasteiger partial charge in [-0.3, -0.25) is 9.48 Å². The first-order valence-corrected chi connectivity index (χ1v) is 11.2. The standard InChI is InChI=1S/C25H20F3N7O2/c1-14-4-9-23(32-31-14)37-17-5-8-22-19(10-29-35(22)11-17)21-7-6-18(16(3)36)24(30-21)20-12-34(33-15(20)2)13-25(26,27)28/h4-12H,13H2,1-3H3. The maximum Gasteiger partial charge on any atom is 0.408 e. The Balaban J connectivity index is 1.53. The van der Waals surface area contributed by atoms with Crippen LogP contribution < -0.4 is 4.74 Å². The summed E-state index contributed by atoms with van der Waals surface area (Å²) < 4.78 is 46.9. The van der Waals surface area contributed by atoms with E-state index in [2.05, 4.69) is 25.4 Å². The van der Waals surface area contributed by atoms with Crippen molar-refractivity contribution in [3.05, 3.63) is 71.9 Å². The monoisotopic (exact) mass is 507 g/mol. The highest BCUT2D eigenvalue weighted by molar-refractivity contribution is 6.00. The van der Waals surface area contributed by atoms with Gasteiger partial charge < -0.3 is 4.74 Å². The number of ketones is 1. The quantitative estimate of drug-likeness (QED) is 0.290. The molecule has 0 aromatic carbocycles. The largest absolute Gasteiger partial charge is 0.436 e.